The Morgan fingerprint density at radius 2 is 2.00 bits per heavy atom. The quantitative estimate of drug-likeness (QED) is 0.757. The van der Waals surface area contributed by atoms with E-state index in [0.29, 0.717) is 17.6 Å². The molecule has 3 heteroatoms. The van der Waals surface area contributed by atoms with Crippen LogP contribution < -0.4 is 10.1 Å². The summed E-state index contributed by atoms with van der Waals surface area (Å²) in [6.45, 7) is 10.0. The van der Waals surface area contributed by atoms with Crippen molar-refractivity contribution >= 4 is 15.9 Å². The summed E-state index contributed by atoms with van der Waals surface area (Å²) in [5.41, 5.74) is 1.78. The fourth-order valence-corrected chi connectivity index (χ4v) is 3.47. The molecule has 0 saturated heterocycles. The van der Waals surface area contributed by atoms with Gasteiger partial charge in [0.15, 0.2) is 0 Å². The maximum atomic E-state index is 6.21. The lowest BCUT2D eigenvalue weighted by Gasteiger charge is -2.34. The fourth-order valence-electron chi connectivity index (χ4n) is 2.98. The molecular weight excluding hydrogens is 326 g/mol. The van der Waals surface area contributed by atoms with Crippen LogP contribution in [0, 0.1) is 5.41 Å². The van der Waals surface area contributed by atoms with Gasteiger partial charge >= 0.3 is 0 Å². The summed E-state index contributed by atoms with van der Waals surface area (Å²) in [4.78, 5) is 0. The molecule has 1 atom stereocenters. The van der Waals surface area contributed by atoms with Gasteiger partial charge in [0, 0.05) is 6.04 Å². The molecule has 1 unspecified atom stereocenters. The summed E-state index contributed by atoms with van der Waals surface area (Å²) >= 11 is 3.66. The molecule has 0 amide bonds. The van der Waals surface area contributed by atoms with Crippen LogP contribution in [0.5, 0.6) is 5.75 Å². The molecule has 1 aromatic rings. The van der Waals surface area contributed by atoms with Crippen molar-refractivity contribution in [2.45, 2.75) is 65.5 Å². The third-order valence-corrected chi connectivity index (χ3v) is 5.17. The Balaban J connectivity index is 1.98. The summed E-state index contributed by atoms with van der Waals surface area (Å²) in [5.74, 6) is 0.979. The molecular formula is C18H28BrNO. The Bertz CT molecular complexity index is 462. The Morgan fingerprint density at radius 1 is 1.33 bits per heavy atom. The number of rotatable bonds is 5. The normalized spacial score (nSPS) is 20.2. The van der Waals surface area contributed by atoms with Gasteiger partial charge in [-0.25, -0.2) is 0 Å². The largest absolute Gasteiger partial charge is 0.489 e. The molecule has 0 bridgehead atoms. The Morgan fingerprint density at radius 3 is 2.57 bits per heavy atom. The van der Waals surface area contributed by atoms with E-state index in [2.05, 4.69) is 67.1 Å². The molecule has 1 saturated carbocycles. The average Bonchev–Trinajstić information content (AvgIpc) is 2.43. The van der Waals surface area contributed by atoms with Crippen LogP contribution in [0.1, 0.15) is 65.0 Å². The number of ether oxygens (including phenoxy) is 1. The average molecular weight is 354 g/mol. The van der Waals surface area contributed by atoms with Crippen LogP contribution in [-0.4, -0.2) is 12.6 Å². The van der Waals surface area contributed by atoms with E-state index in [1.165, 1.54) is 18.4 Å². The van der Waals surface area contributed by atoms with Gasteiger partial charge in [-0.1, -0.05) is 26.8 Å². The topological polar surface area (TPSA) is 21.3 Å². The highest BCUT2D eigenvalue weighted by atomic mass is 79.9. The molecule has 0 heterocycles. The van der Waals surface area contributed by atoms with Gasteiger partial charge in [0.25, 0.3) is 0 Å². The fraction of sp³-hybridized carbons (Fsp3) is 0.667. The monoisotopic (exact) mass is 353 g/mol. The van der Waals surface area contributed by atoms with Crippen LogP contribution in [0.15, 0.2) is 22.7 Å². The molecule has 0 spiro atoms. The number of nitrogens with one attached hydrogen (secondary N) is 1. The van der Waals surface area contributed by atoms with E-state index in [9.17, 15) is 0 Å². The second-order valence-corrected chi connectivity index (χ2v) is 7.80. The maximum absolute atomic E-state index is 6.21. The van der Waals surface area contributed by atoms with Crippen molar-refractivity contribution in [3.8, 4) is 5.75 Å². The van der Waals surface area contributed by atoms with Gasteiger partial charge in [0.2, 0.25) is 0 Å². The summed E-state index contributed by atoms with van der Waals surface area (Å²) in [6.07, 6.45) is 5.20. The first-order chi connectivity index (χ1) is 9.91. The Kier molecular flexibility index (Phi) is 5.73. The van der Waals surface area contributed by atoms with E-state index in [0.717, 1.165) is 29.6 Å². The van der Waals surface area contributed by atoms with Crippen LogP contribution in [0.3, 0.4) is 0 Å². The highest BCUT2D eigenvalue weighted by Crippen LogP contribution is 2.38. The van der Waals surface area contributed by atoms with E-state index in [1.807, 2.05) is 0 Å². The minimum Gasteiger partial charge on any atom is -0.489 e. The molecule has 1 aromatic carbocycles. The molecule has 1 aliphatic rings. The number of hydrogen-bond donors (Lipinski definition) is 1. The molecule has 2 nitrogen and oxygen atoms in total. The second kappa shape index (κ2) is 7.15. The van der Waals surface area contributed by atoms with Gasteiger partial charge in [0.05, 0.1) is 10.6 Å². The van der Waals surface area contributed by atoms with E-state index < -0.39 is 0 Å². The van der Waals surface area contributed by atoms with E-state index in [-0.39, 0.29) is 0 Å². The van der Waals surface area contributed by atoms with Crippen molar-refractivity contribution in [3.63, 3.8) is 0 Å². The lowest BCUT2D eigenvalue weighted by atomic mass is 9.76. The molecule has 1 N–H and O–H groups in total. The molecule has 2 rings (SSSR count). The van der Waals surface area contributed by atoms with Crippen molar-refractivity contribution in [2.24, 2.45) is 5.41 Å². The van der Waals surface area contributed by atoms with Crippen LogP contribution in [0.25, 0.3) is 0 Å². The standard InChI is InChI=1S/C18H28BrNO/c1-5-20-13(2)14-6-7-17(16(19)12-14)21-15-8-10-18(3,4)11-9-15/h6-7,12-13,15,20H,5,8-11H2,1-4H3. The predicted molar refractivity (Wildman–Crippen MR) is 92.9 cm³/mol. The summed E-state index contributed by atoms with van der Waals surface area (Å²) in [6, 6.07) is 6.82. The summed E-state index contributed by atoms with van der Waals surface area (Å²) in [5, 5.41) is 3.44. The molecule has 0 aliphatic heterocycles. The van der Waals surface area contributed by atoms with Crippen molar-refractivity contribution in [2.75, 3.05) is 6.54 Å². The summed E-state index contributed by atoms with van der Waals surface area (Å²) < 4.78 is 7.27. The van der Waals surface area contributed by atoms with Gasteiger partial charge in [-0.2, -0.15) is 0 Å². The molecule has 0 aromatic heterocycles. The third-order valence-electron chi connectivity index (χ3n) is 4.55. The second-order valence-electron chi connectivity index (χ2n) is 6.95. The van der Waals surface area contributed by atoms with Gasteiger partial charge in [-0.15, -0.1) is 0 Å². The van der Waals surface area contributed by atoms with Gasteiger partial charge in [-0.05, 0) is 78.2 Å². The predicted octanol–water partition coefficient (Wildman–Crippen LogP) is 5.47. The summed E-state index contributed by atoms with van der Waals surface area (Å²) in [7, 11) is 0. The number of hydrogen-bond acceptors (Lipinski definition) is 2. The Labute approximate surface area is 137 Å². The lowest BCUT2D eigenvalue weighted by Crippen LogP contribution is -2.28. The molecule has 1 aliphatic carbocycles. The lowest BCUT2D eigenvalue weighted by molar-refractivity contribution is 0.0981. The SMILES string of the molecule is CCNC(C)c1ccc(OC2CCC(C)(C)CC2)c(Br)c1. The highest BCUT2D eigenvalue weighted by molar-refractivity contribution is 9.10. The van der Waals surface area contributed by atoms with E-state index in [1.54, 1.807) is 0 Å². The number of benzene rings is 1. The zero-order valence-corrected chi connectivity index (χ0v) is 15.3. The zero-order valence-electron chi connectivity index (χ0n) is 13.7. The third kappa shape index (κ3) is 4.72. The zero-order chi connectivity index (χ0) is 15.5. The van der Waals surface area contributed by atoms with Crippen molar-refractivity contribution in [3.05, 3.63) is 28.2 Å². The van der Waals surface area contributed by atoms with Crippen molar-refractivity contribution < 1.29 is 4.74 Å². The highest BCUT2D eigenvalue weighted by Gasteiger charge is 2.28. The van der Waals surface area contributed by atoms with Crippen LogP contribution in [0.4, 0.5) is 0 Å². The van der Waals surface area contributed by atoms with Gasteiger partial charge in [-0.3, -0.25) is 0 Å². The minimum atomic E-state index is 0.367. The molecule has 118 valence electrons. The van der Waals surface area contributed by atoms with E-state index >= 15 is 0 Å². The van der Waals surface area contributed by atoms with Gasteiger partial charge < -0.3 is 10.1 Å². The molecule has 21 heavy (non-hydrogen) atoms. The van der Waals surface area contributed by atoms with Crippen LogP contribution >= 0.6 is 15.9 Å². The van der Waals surface area contributed by atoms with E-state index in [4.69, 9.17) is 4.74 Å². The maximum Gasteiger partial charge on any atom is 0.133 e. The van der Waals surface area contributed by atoms with Crippen LogP contribution in [0.2, 0.25) is 0 Å². The smallest absolute Gasteiger partial charge is 0.133 e. The first-order valence-corrected chi connectivity index (χ1v) is 8.90. The number of halogens is 1. The minimum absolute atomic E-state index is 0.367. The van der Waals surface area contributed by atoms with Crippen molar-refractivity contribution in [1.82, 2.24) is 5.32 Å². The first kappa shape index (κ1) is 16.8. The van der Waals surface area contributed by atoms with Crippen molar-refractivity contribution in [1.29, 1.82) is 0 Å². The van der Waals surface area contributed by atoms with Crippen LogP contribution in [-0.2, 0) is 0 Å². The first-order valence-electron chi connectivity index (χ1n) is 8.11. The Hall–Kier alpha value is -0.540. The molecule has 1 fully saturated rings. The van der Waals surface area contributed by atoms with Gasteiger partial charge in [0.1, 0.15) is 5.75 Å². The molecule has 0 radical (unpaired) electrons.